The molecule has 5 heteroatoms. The van der Waals surface area contributed by atoms with Crippen molar-refractivity contribution < 1.29 is 19.0 Å². The van der Waals surface area contributed by atoms with E-state index in [0.717, 1.165) is 12.5 Å². The molecule has 0 aromatic carbocycles. The van der Waals surface area contributed by atoms with E-state index in [1.165, 1.54) is 6.08 Å². The lowest BCUT2D eigenvalue weighted by Crippen LogP contribution is -2.39. The number of hydrogen-bond donors (Lipinski definition) is 0. The maximum Gasteiger partial charge on any atom is 0.330 e. The highest BCUT2D eigenvalue weighted by Gasteiger charge is 2.24. The van der Waals surface area contributed by atoms with Gasteiger partial charge in [0, 0.05) is 19.3 Å². The van der Waals surface area contributed by atoms with Crippen molar-refractivity contribution in [1.82, 2.24) is 0 Å². The Morgan fingerprint density at radius 2 is 1.94 bits per heavy atom. The summed E-state index contributed by atoms with van der Waals surface area (Å²) in [7, 11) is -0.506. The molecule has 0 heterocycles. The topological polar surface area (TPSA) is 44.8 Å². The van der Waals surface area contributed by atoms with Crippen molar-refractivity contribution in [3.05, 3.63) is 12.7 Å². The minimum atomic E-state index is -0.506. The van der Waals surface area contributed by atoms with Crippen LogP contribution < -0.4 is 0 Å². The first-order valence-corrected chi connectivity index (χ1v) is 7.85. The Labute approximate surface area is 106 Å². The highest BCUT2D eigenvalue weighted by Crippen LogP contribution is 2.13. The molecular weight excluding hydrogens is 236 g/mol. The summed E-state index contributed by atoms with van der Waals surface area (Å²) in [6.07, 6.45) is 2.05. The van der Waals surface area contributed by atoms with Crippen LogP contribution in [-0.2, 0) is 19.0 Å². The zero-order valence-electron chi connectivity index (χ0n) is 11.2. The second-order valence-electron chi connectivity index (χ2n) is 3.83. The maximum atomic E-state index is 10.8. The van der Waals surface area contributed by atoms with Gasteiger partial charge in [-0.15, -0.1) is 0 Å². The number of hydrogen-bond acceptors (Lipinski definition) is 4. The van der Waals surface area contributed by atoms with Crippen LogP contribution in [0.4, 0.5) is 0 Å². The van der Waals surface area contributed by atoms with E-state index in [1.807, 2.05) is 20.8 Å². The Balaban J connectivity index is 3.74. The molecule has 0 saturated heterocycles. The van der Waals surface area contributed by atoms with Crippen molar-refractivity contribution in [2.45, 2.75) is 38.6 Å². The van der Waals surface area contributed by atoms with E-state index in [9.17, 15) is 4.79 Å². The van der Waals surface area contributed by atoms with Crippen molar-refractivity contribution in [3.63, 3.8) is 0 Å². The van der Waals surface area contributed by atoms with Crippen LogP contribution in [0.15, 0.2) is 12.7 Å². The summed E-state index contributed by atoms with van der Waals surface area (Å²) in [5.74, 6) is -0.357. The molecule has 0 spiro atoms. The average molecular weight is 260 g/mol. The average Bonchev–Trinajstić information content (AvgIpc) is 2.29. The monoisotopic (exact) mass is 260 g/mol. The Bertz CT molecular complexity index is 225. The van der Waals surface area contributed by atoms with Gasteiger partial charge in [-0.1, -0.05) is 12.6 Å². The fourth-order valence-corrected chi connectivity index (χ4v) is 3.37. The van der Waals surface area contributed by atoms with Gasteiger partial charge in [-0.3, -0.25) is 0 Å². The SMILES string of the molecule is C=CC(=O)OCCC[SiH2]C(C)(OCC)OCC. The molecule has 0 aromatic rings. The minimum Gasteiger partial charge on any atom is -0.463 e. The van der Waals surface area contributed by atoms with Crippen LogP contribution in [0.5, 0.6) is 0 Å². The normalized spacial score (nSPS) is 11.9. The zero-order valence-corrected chi connectivity index (χ0v) is 12.6. The molecule has 0 aliphatic rings. The second kappa shape index (κ2) is 9.38. The molecule has 100 valence electrons. The van der Waals surface area contributed by atoms with Gasteiger partial charge in [0.25, 0.3) is 0 Å². The van der Waals surface area contributed by atoms with Crippen LogP contribution in [-0.4, -0.2) is 40.7 Å². The predicted molar refractivity (Wildman–Crippen MR) is 70.8 cm³/mol. The molecule has 0 rings (SSSR count). The molecule has 0 amide bonds. The van der Waals surface area contributed by atoms with E-state index in [-0.39, 0.29) is 11.4 Å². The summed E-state index contributed by atoms with van der Waals surface area (Å²) >= 11 is 0. The van der Waals surface area contributed by atoms with E-state index in [4.69, 9.17) is 14.2 Å². The van der Waals surface area contributed by atoms with Gasteiger partial charge in [0.05, 0.1) is 16.1 Å². The Hall–Kier alpha value is -0.653. The van der Waals surface area contributed by atoms with Crippen LogP contribution in [0.1, 0.15) is 27.2 Å². The van der Waals surface area contributed by atoms with Gasteiger partial charge >= 0.3 is 5.97 Å². The van der Waals surface area contributed by atoms with Crippen molar-refractivity contribution in [2.24, 2.45) is 0 Å². The first-order valence-electron chi connectivity index (χ1n) is 6.15. The summed E-state index contributed by atoms with van der Waals surface area (Å²) in [6.45, 7) is 11.1. The molecule has 0 aromatic heterocycles. The fourth-order valence-electron chi connectivity index (χ4n) is 1.58. The van der Waals surface area contributed by atoms with E-state index >= 15 is 0 Å². The molecule has 0 unspecified atom stereocenters. The second-order valence-corrected chi connectivity index (χ2v) is 6.32. The van der Waals surface area contributed by atoms with Crippen molar-refractivity contribution in [2.75, 3.05) is 19.8 Å². The highest BCUT2D eigenvalue weighted by atomic mass is 28.2. The first-order chi connectivity index (χ1) is 8.08. The zero-order chi connectivity index (χ0) is 13.1. The first kappa shape index (κ1) is 16.3. The van der Waals surface area contributed by atoms with Crippen molar-refractivity contribution in [3.8, 4) is 0 Å². The lowest BCUT2D eigenvalue weighted by atomic mass is 10.5. The number of carbonyl (C=O) groups excluding carboxylic acids is 1. The van der Waals surface area contributed by atoms with Gasteiger partial charge in [0.2, 0.25) is 0 Å². The lowest BCUT2D eigenvalue weighted by molar-refractivity contribution is -0.163. The number of carbonyl (C=O) groups is 1. The highest BCUT2D eigenvalue weighted by molar-refractivity contribution is 6.38. The van der Waals surface area contributed by atoms with Crippen LogP contribution in [0.2, 0.25) is 6.04 Å². The van der Waals surface area contributed by atoms with E-state index < -0.39 is 9.52 Å². The summed E-state index contributed by atoms with van der Waals surface area (Å²) in [5.41, 5.74) is -0.383. The molecule has 0 bridgehead atoms. The van der Waals surface area contributed by atoms with Gasteiger partial charge in [-0.2, -0.15) is 0 Å². The van der Waals surface area contributed by atoms with Crippen LogP contribution in [0.3, 0.4) is 0 Å². The maximum absolute atomic E-state index is 10.8. The van der Waals surface area contributed by atoms with Crippen molar-refractivity contribution in [1.29, 1.82) is 0 Å². The Morgan fingerprint density at radius 1 is 1.35 bits per heavy atom. The lowest BCUT2D eigenvalue weighted by Gasteiger charge is -2.29. The van der Waals surface area contributed by atoms with Crippen LogP contribution in [0.25, 0.3) is 0 Å². The summed E-state index contributed by atoms with van der Waals surface area (Å²) in [4.78, 5) is 10.8. The number of ether oxygens (including phenoxy) is 3. The van der Waals surface area contributed by atoms with Gasteiger partial charge in [0.1, 0.15) is 5.41 Å². The van der Waals surface area contributed by atoms with Crippen LogP contribution in [0, 0.1) is 0 Å². The number of rotatable bonds is 10. The van der Waals surface area contributed by atoms with Gasteiger partial charge in [0.15, 0.2) is 0 Å². The summed E-state index contributed by atoms with van der Waals surface area (Å²) in [5, 5.41) is 0. The molecule has 0 radical (unpaired) electrons. The van der Waals surface area contributed by atoms with Gasteiger partial charge in [-0.05, 0) is 27.2 Å². The van der Waals surface area contributed by atoms with E-state index in [2.05, 4.69) is 6.58 Å². The largest absolute Gasteiger partial charge is 0.463 e. The molecule has 0 aliphatic carbocycles. The Kier molecular flexibility index (Phi) is 9.02. The quantitative estimate of drug-likeness (QED) is 0.196. The third-order valence-corrected chi connectivity index (χ3v) is 4.51. The molecular formula is C12H24O4Si. The standard InChI is InChI=1S/C12H24O4Si/c1-5-11(13)14-9-8-10-17-12(4,15-6-2)16-7-3/h5H,1,6-10,17H2,2-4H3. The summed E-state index contributed by atoms with van der Waals surface area (Å²) in [6, 6.07) is 1.03. The molecule has 0 fully saturated rings. The molecule has 0 saturated carbocycles. The predicted octanol–water partition coefficient (Wildman–Crippen LogP) is 1.44. The molecule has 0 aliphatic heterocycles. The number of esters is 1. The third kappa shape index (κ3) is 8.12. The molecule has 0 atom stereocenters. The smallest absolute Gasteiger partial charge is 0.330 e. The fraction of sp³-hybridized carbons (Fsp3) is 0.750. The third-order valence-electron chi connectivity index (χ3n) is 2.34. The summed E-state index contributed by atoms with van der Waals surface area (Å²) < 4.78 is 16.2. The molecule has 4 nitrogen and oxygen atoms in total. The molecule has 17 heavy (non-hydrogen) atoms. The minimum absolute atomic E-state index is 0.357. The van der Waals surface area contributed by atoms with E-state index in [1.54, 1.807) is 0 Å². The Morgan fingerprint density at radius 3 is 2.41 bits per heavy atom. The molecule has 0 N–H and O–H groups in total. The van der Waals surface area contributed by atoms with E-state index in [0.29, 0.717) is 19.8 Å². The van der Waals surface area contributed by atoms with Gasteiger partial charge in [-0.25, -0.2) is 4.79 Å². The van der Waals surface area contributed by atoms with Crippen molar-refractivity contribution >= 4 is 15.5 Å². The van der Waals surface area contributed by atoms with Gasteiger partial charge < -0.3 is 14.2 Å². The van der Waals surface area contributed by atoms with Crippen LogP contribution >= 0.6 is 0 Å².